The van der Waals surface area contributed by atoms with E-state index in [2.05, 4.69) is 380 Å². The van der Waals surface area contributed by atoms with Crippen molar-refractivity contribution < 1.29 is 27.9 Å². The molecule has 15 aromatic rings. The van der Waals surface area contributed by atoms with Crippen molar-refractivity contribution in [3.05, 3.63) is 297 Å². The highest BCUT2D eigenvalue weighted by molar-refractivity contribution is 6.63. The third-order valence-corrected chi connectivity index (χ3v) is 22.9. The van der Waals surface area contributed by atoms with Crippen molar-refractivity contribution in [3.63, 3.8) is 0 Å². The van der Waals surface area contributed by atoms with Gasteiger partial charge in [-0.2, -0.15) is 0 Å². The molecule has 18 rings (SSSR count). The fourth-order valence-corrected chi connectivity index (χ4v) is 14.8. The Kier molecular flexibility index (Phi) is 17.1. The van der Waals surface area contributed by atoms with Crippen LogP contribution in [0.25, 0.3) is 131 Å². The molecule has 3 aliphatic rings. The minimum Gasteiger partial charge on any atom is -0.399 e. The number of benzene rings is 15. The van der Waals surface area contributed by atoms with Gasteiger partial charge in [0.2, 0.25) is 0 Å². The van der Waals surface area contributed by atoms with Crippen LogP contribution in [0.1, 0.15) is 83.1 Å². The zero-order chi connectivity index (χ0) is 71.2. The maximum absolute atomic E-state index is 6.30. The number of rotatable bonds is 8. The first kappa shape index (κ1) is 67.6. The van der Waals surface area contributed by atoms with Crippen LogP contribution in [-0.4, -0.2) is 55.0 Å². The van der Waals surface area contributed by atoms with Gasteiger partial charge < -0.3 is 27.9 Å². The van der Waals surface area contributed by atoms with Crippen molar-refractivity contribution in [3.8, 4) is 55.6 Å². The van der Waals surface area contributed by atoms with Crippen LogP contribution in [0.2, 0.25) is 0 Å². The molecule has 6 nitrogen and oxygen atoms in total. The van der Waals surface area contributed by atoms with E-state index in [1.54, 1.807) is 0 Å². The highest BCUT2D eigenvalue weighted by Crippen LogP contribution is 2.43. The molecule has 0 atom stereocenters. The van der Waals surface area contributed by atoms with Crippen LogP contribution in [0.4, 0.5) is 0 Å². The molecule has 0 aliphatic carbocycles. The first-order valence-electron chi connectivity index (χ1n) is 36.2. The molecule has 0 spiro atoms. The second-order valence-corrected chi connectivity index (χ2v) is 31.1. The SMILES string of the molecule is CC1(C)OB(c2cccc(-c3ccc4c5ccccc5c5ccccc5c4c3)c2)OC1(C)C.CC1(C)OB(c2cccc(-c3cccc(-c4cc5ccccc5c5ccccc45)c3)c2)OC1(C)C.CC1(C)OB(c2cccc(-c3cccc(-c4ccc5c(ccc6ccccc65)c4)c3)c2)OC1(C)C. The van der Waals surface area contributed by atoms with Crippen LogP contribution >= 0.6 is 0 Å². The van der Waals surface area contributed by atoms with Gasteiger partial charge in [0.05, 0.1) is 33.6 Å². The van der Waals surface area contributed by atoms with E-state index < -0.39 is 0 Å². The fraction of sp³-hybridized carbons (Fsp3) is 0.191. The standard InChI is InChI=1S/2C32H29BO2.C30H27BO2/c1-31(2)32(3,4)35-33(34-31)28-13-8-12-25(21-28)23-10-7-11-24(19-23)26-17-18-30-27(20-26)16-15-22-9-5-6-14-29(22)30;1-31(2)32(3,4)35-33(34-31)26-15-10-13-23(20-26)22-12-9-14-24(19-22)30-21-25-11-5-6-16-27(25)28-17-7-8-18-29(28)30;1-29(2)30(3,4)33-31(32-29)22-11-9-10-20(18-22)21-16-17-27-25-14-6-5-12-23(25)24-13-7-8-15-26(24)28(27)19-21/h2*5-21H,1-4H3;5-19H,1-4H3. The highest BCUT2D eigenvalue weighted by Gasteiger charge is 2.54. The molecule has 3 saturated heterocycles. The molecule has 3 aliphatic heterocycles. The second-order valence-electron chi connectivity index (χ2n) is 31.1. The maximum atomic E-state index is 6.30. The lowest BCUT2D eigenvalue weighted by Crippen LogP contribution is -2.41. The van der Waals surface area contributed by atoms with Crippen LogP contribution in [0.3, 0.4) is 0 Å². The van der Waals surface area contributed by atoms with Crippen molar-refractivity contribution in [2.75, 3.05) is 0 Å². The van der Waals surface area contributed by atoms with Gasteiger partial charge in [0.1, 0.15) is 0 Å². The lowest BCUT2D eigenvalue weighted by molar-refractivity contribution is 0.00578. The van der Waals surface area contributed by atoms with E-state index in [1.807, 2.05) is 0 Å². The quantitative estimate of drug-likeness (QED) is 0.112. The van der Waals surface area contributed by atoms with Gasteiger partial charge >= 0.3 is 21.4 Å². The Bertz CT molecular complexity index is 5710. The Morgan fingerprint density at radius 1 is 0.175 bits per heavy atom. The molecule has 0 saturated carbocycles. The van der Waals surface area contributed by atoms with Crippen LogP contribution in [0.5, 0.6) is 0 Å². The van der Waals surface area contributed by atoms with E-state index in [4.69, 9.17) is 27.9 Å². The summed E-state index contributed by atoms with van der Waals surface area (Å²) >= 11 is 0. The highest BCUT2D eigenvalue weighted by atomic mass is 16.7. The van der Waals surface area contributed by atoms with E-state index in [1.165, 1.54) is 120 Å². The zero-order valence-corrected chi connectivity index (χ0v) is 61.0. The van der Waals surface area contributed by atoms with Gasteiger partial charge in [-0.05, 0) is 261 Å². The van der Waals surface area contributed by atoms with Gasteiger partial charge in [0.15, 0.2) is 0 Å². The maximum Gasteiger partial charge on any atom is 0.494 e. The average molecular weight is 1340 g/mol. The lowest BCUT2D eigenvalue weighted by Gasteiger charge is -2.32. The van der Waals surface area contributed by atoms with Crippen LogP contribution in [-0.2, 0) is 27.9 Å². The van der Waals surface area contributed by atoms with Crippen molar-refractivity contribution in [2.45, 2.75) is 117 Å². The minimum atomic E-state index is -0.368. The summed E-state index contributed by atoms with van der Waals surface area (Å²) in [6, 6.07) is 107. The second kappa shape index (κ2) is 26.1. The molecule has 0 unspecified atom stereocenters. The van der Waals surface area contributed by atoms with E-state index in [-0.39, 0.29) is 55.0 Å². The Balaban J connectivity index is 0.000000119. The largest absolute Gasteiger partial charge is 0.494 e. The topological polar surface area (TPSA) is 55.4 Å². The summed E-state index contributed by atoms with van der Waals surface area (Å²) in [5.74, 6) is 0. The average Bonchev–Trinajstić information content (AvgIpc) is 1.68. The fourth-order valence-electron chi connectivity index (χ4n) is 14.8. The Morgan fingerprint density at radius 2 is 0.437 bits per heavy atom. The number of hydrogen-bond donors (Lipinski definition) is 0. The molecule has 3 heterocycles. The van der Waals surface area contributed by atoms with Crippen molar-refractivity contribution in [1.82, 2.24) is 0 Å². The first-order chi connectivity index (χ1) is 49.5. The summed E-state index contributed by atoms with van der Waals surface area (Å²) in [6.07, 6.45) is 0. The molecule has 0 aromatic heterocycles. The van der Waals surface area contributed by atoms with Gasteiger partial charge in [0.25, 0.3) is 0 Å². The van der Waals surface area contributed by atoms with Crippen LogP contribution in [0.15, 0.2) is 297 Å². The van der Waals surface area contributed by atoms with Crippen molar-refractivity contribution in [2.24, 2.45) is 0 Å². The van der Waals surface area contributed by atoms with E-state index in [0.717, 1.165) is 27.5 Å². The van der Waals surface area contributed by atoms with Crippen LogP contribution in [0, 0.1) is 0 Å². The Hall–Kier alpha value is -9.93. The molecule has 0 N–H and O–H groups in total. The summed E-state index contributed by atoms with van der Waals surface area (Å²) in [4.78, 5) is 0. The molecule has 0 bridgehead atoms. The third-order valence-electron chi connectivity index (χ3n) is 22.9. The first-order valence-corrected chi connectivity index (χ1v) is 36.2. The minimum absolute atomic E-state index is 0.351. The van der Waals surface area contributed by atoms with Crippen molar-refractivity contribution >= 4 is 113 Å². The molecule has 0 amide bonds. The molecular formula is C94H85B3O6. The van der Waals surface area contributed by atoms with Gasteiger partial charge in [-0.1, -0.05) is 267 Å². The number of hydrogen-bond acceptors (Lipinski definition) is 6. The Labute approximate surface area is 607 Å². The summed E-state index contributed by atoms with van der Waals surface area (Å²) in [7, 11) is -1.09. The molecular weight excluding hydrogens is 1260 g/mol. The van der Waals surface area contributed by atoms with Gasteiger partial charge in [-0.25, -0.2) is 0 Å². The summed E-state index contributed by atoms with van der Waals surface area (Å²) in [5, 5.41) is 18.0. The molecule has 3 fully saturated rings. The summed E-state index contributed by atoms with van der Waals surface area (Å²) < 4.78 is 37.8. The molecule has 103 heavy (non-hydrogen) atoms. The molecule has 15 aromatic carbocycles. The molecule has 506 valence electrons. The van der Waals surface area contributed by atoms with E-state index in [9.17, 15) is 0 Å². The van der Waals surface area contributed by atoms with Gasteiger partial charge in [0, 0.05) is 0 Å². The summed E-state index contributed by atoms with van der Waals surface area (Å²) in [6.45, 7) is 25.1. The lowest BCUT2D eigenvalue weighted by atomic mass is 9.78. The predicted octanol–water partition coefficient (Wildman–Crippen LogP) is 22.4. The van der Waals surface area contributed by atoms with Gasteiger partial charge in [-0.15, -0.1) is 0 Å². The van der Waals surface area contributed by atoms with E-state index >= 15 is 0 Å². The monoisotopic (exact) mass is 1340 g/mol. The predicted molar refractivity (Wildman–Crippen MR) is 436 cm³/mol. The van der Waals surface area contributed by atoms with Crippen LogP contribution < -0.4 is 16.4 Å². The smallest absolute Gasteiger partial charge is 0.399 e. The van der Waals surface area contributed by atoms with Gasteiger partial charge in [-0.3, -0.25) is 0 Å². The number of fused-ring (bicyclic) bond motifs is 12. The normalized spacial score (nSPS) is 16.9. The zero-order valence-electron chi connectivity index (χ0n) is 61.0. The molecule has 9 heteroatoms. The Morgan fingerprint density at radius 3 is 0.874 bits per heavy atom. The van der Waals surface area contributed by atoms with E-state index in [0.29, 0.717) is 0 Å². The van der Waals surface area contributed by atoms with Crippen molar-refractivity contribution in [1.29, 1.82) is 0 Å². The third kappa shape index (κ3) is 12.6. The summed E-state index contributed by atoms with van der Waals surface area (Å²) in [5.41, 5.74) is 13.0. The molecule has 0 radical (unpaired) electrons.